The predicted molar refractivity (Wildman–Crippen MR) is 93.0 cm³/mol. The van der Waals surface area contributed by atoms with Gasteiger partial charge in [0, 0.05) is 16.8 Å². The van der Waals surface area contributed by atoms with E-state index in [1.165, 1.54) is 12.1 Å². The third-order valence-corrected chi connectivity index (χ3v) is 4.46. The highest BCUT2D eigenvalue weighted by atomic mass is 35.5. The second-order valence-electron chi connectivity index (χ2n) is 5.80. The lowest BCUT2D eigenvalue weighted by Gasteiger charge is -2.27. The van der Waals surface area contributed by atoms with Crippen LogP contribution in [0.2, 0.25) is 5.02 Å². The number of pyridine rings is 1. The fourth-order valence-corrected chi connectivity index (χ4v) is 3.35. The van der Waals surface area contributed by atoms with Crippen LogP contribution in [-0.4, -0.2) is 16.7 Å². The normalized spacial score (nSPS) is 18.3. The molecule has 1 atom stereocenters. The second kappa shape index (κ2) is 6.57. The van der Waals surface area contributed by atoms with E-state index in [1.807, 2.05) is 13.0 Å². The number of hydrogen-bond acceptors (Lipinski definition) is 3. The van der Waals surface area contributed by atoms with Gasteiger partial charge in [0.25, 0.3) is 0 Å². The molecular weight excluding hydrogens is 329 g/mol. The fourth-order valence-electron chi connectivity index (χ4n) is 3.08. The molecule has 0 saturated carbocycles. The Morgan fingerprint density at radius 1 is 1.42 bits per heavy atom. The zero-order chi connectivity index (χ0) is 17.3. The van der Waals surface area contributed by atoms with E-state index in [2.05, 4.69) is 15.5 Å². The van der Waals surface area contributed by atoms with Gasteiger partial charge in [0.15, 0.2) is 0 Å². The number of aromatic nitrogens is 1. The highest BCUT2D eigenvalue weighted by Crippen LogP contribution is 2.36. The Morgan fingerprint density at radius 3 is 2.96 bits per heavy atom. The van der Waals surface area contributed by atoms with Gasteiger partial charge in [-0.3, -0.25) is 10.4 Å². The Hall–Kier alpha value is -2.47. The lowest BCUT2D eigenvalue weighted by molar-refractivity contribution is 0.614. The van der Waals surface area contributed by atoms with Crippen LogP contribution in [0.15, 0.2) is 35.6 Å². The average molecular weight is 346 g/mol. The van der Waals surface area contributed by atoms with Crippen molar-refractivity contribution < 1.29 is 4.39 Å². The summed E-state index contributed by atoms with van der Waals surface area (Å²) in [5.41, 5.74) is 12.2. The maximum absolute atomic E-state index is 13.7. The van der Waals surface area contributed by atoms with Gasteiger partial charge in [-0.15, -0.1) is 0 Å². The maximum atomic E-state index is 13.7. The van der Waals surface area contributed by atoms with Crippen LogP contribution in [0.3, 0.4) is 0 Å². The van der Waals surface area contributed by atoms with Crippen molar-refractivity contribution in [1.29, 1.82) is 5.41 Å². The smallest absolute Gasteiger partial charge is 0.206 e. The van der Waals surface area contributed by atoms with Gasteiger partial charge in [-0.1, -0.05) is 11.6 Å². The van der Waals surface area contributed by atoms with E-state index in [0.717, 1.165) is 28.1 Å². The molecule has 1 aromatic carbocycles. The van der Waals surface area contributed by atoms with Crippen LogP contribution < -0.4 is 11.2 Å². The summed E-state index contributed by atoms with van der Waals surface area (Å²) in [5, 5.41) is 12.1. The molecule has 5 nitrogen and oxygen atoms in total. The number of hydrogen-bond donors (Lipinski definition) is 3. The largest absolute Gasteiger partial charge is 0.369 e. The van der Waals surface area contributed by atoms with Crippen molar-refractivity contribution >= 4 is 23.3 Å². The standard InChI is InChI=1S/C17H17ClFN5/c1-9-4-5-22-14-6-10(12-8-11(19)2-3-13(12)18)7-15(16(9)14)23-24-17(20)21/h2-5,8,10H,6-7H2,1H3,(H4,20,21,24)/t10-/m0/s1. The first-order chi connectivity index (χ1) is 11.5. The molecule has 0 radical (unpaired) electrons. The van der Waals surface area contributed by atoms with Gasteiger partial charge in [-0.05, 0) is 61.1 Å². The van der Waals surface area contributed by atoms with E-state index >= 15 is 0 Å². The highest BCUT2D eigenvalue weighted by molar-refractivity contribution is 6.31. The SMILES string of the molecule is Cc1ccnc2c1C(=NNC(=N)N)C[C@@H](c1cc(F)ccc1Cl)C2. The average Bonchev–Trinajstić information content (AvgIpc) is 2.54. The molecule has 1 heterocycles. The van der Waals surface area contributed by atoms with Crippen LogP contribution >= 0.6 is 11.6 Å². The number of halogens is 2. The van der Waals surface area contributed by atoms with Crippen LogP contribution in [-0.2, 0) is 6.42 Å². The highest BCUT2D eigenvalue weighted by Gasteiger charge is 2.28. The molecule has 24 heavy (non-hydrogen) atoms. The minimum Gasteiger partial charge on any atom is -0.369 e. The zero-order valence-corrected chi connectivity index (χ0v) is 13.9. The summed E-state index contributed by atoms with van der Waals surface area (Å²) in [5.74, 6) is -0.600. The van der Waals surface area contributed by atoms with Crippen LogP contribution in [0, 0.1) is 18.2 Å². The lowest BCUT2D eigenvalue weighted by atomic mass is 9.80. The quantitative estimate of drug-likeness (QED) is 0.444. The molecule has 1 aliphatic carbocycles. The summed E-state index contributed by atoms with van der Waals surface area (Å²) >= 11 is 6.27. The van der Waals surface area contributed by atoms with Crippen LogP contribution in [0.25, 0.3) is 0 Å². The predicted octanol–water partition coefficient (Wildman–Crippen LogP) is 3.10. The van der Waals surface area contributed by atoms with Gasteiger partial charge in [-0.25, -0.2) is 9.82 Å². The third kappa shape index (κ3) is 3.23. The van der Waals surface area contributed by atoms with E-state index in [9.17, 15) is 4.39 Å². The van der Waals surface area contributed by atoms with Crippen LogP contribution in [0.4, 0.5) is 4.39 Å². The Labute approximate surface area is 144 Å². The van der Waals surface area contributed by atoms with Crippen molar-refractivity contribution in [3.63, 3.8) is 0 Å². The summed E-state index contributed by atoms with van der Waals surface area (Å²) < 4.78 is 13.7. The number of nitrogens with one attached hydrogen (secondary N) is 2. The van der Waals surface area contributed by atoms with Gasteiger partial charge < -0.3 is 5.73 Å². The van der Waals surface area contributed by atoms with Crippen molar-refractivity contribution in [1.82, 2.24) is 10.4 Å². The number of hydrazone groups is 1. The molecule has 4 N–H and O–H groups in total. The van der Waals surface area contributed by atoms with Crippen molar-refractivity contribution in [3.05, 3.63) is 63.7 Å². The van der Waals surface area contributed by atoms with E-state index in [0.29, 0.717) is 17.9 Å². The van der Waals surface area contributed by atoms with Gasteiger partial charge in [-0.2, -0.15) is 5.10 Å². The number of guanidine groups is 1. The van der Waals surface area contributed by atoms with Crippen molar-refractivity contribution in [3.8, 4) is 0 Å². The van der Waals surface area contributed by atoms with Gasteiger partial charge in [0.05, 0.1) is 11.4 Å². The van der Waals surface area contributed by atoms with E-state index in [4.69, 9.17) is 22.7 Å². The summed E-state index contributed by atoms with van der Waals surface area (Å²) in [4.78, 5) is 4.45. The van der Waals surface area contributed by atoms with Gasteiger partial charge in [0.1, 0.15) is 5.82 Å². The molecule has 1 aromatic heterocycles. The lowest BCUT2D eigenvalue weighted by Crippen LogP contribution is -2.29. The van der Waals surface area contributed by atoms with E-state index < -0.39 is 0 Å². The molecule has 0 aliphatic heterocycles. The van der Waals surface area contributed by atoms with Crippen LogP contribution in [0.5, 0.6) is 0 Å². The molecule has 0 spiro atoms. The molecule has 0 bridgehead atoms. The topological polar surface area (TPSA) is 87.2 Å². The zero-order valence-electron chi connectivity index (χ0n) is 13.1. The molecule has 124 valence electrons. The summed E-state index contributed by atoms with van der Waals surface area (Å²) in [6, 6.07) is 6.29. The summed E-state index contributed by atoms with van der Waals surface area (Å²) in [6.45, 7) is 1.99. The van der Waals surface area contributed by atoms with Crippen molar-refractivity contribution in [2.45, 2.75) is 25.7 Å². The van der Waals surface area contributed by atoms with E-state index in [1.54, 1.807) is 12.3 Å². The minimum atomic E-state index is -0.322. The molecule has 0 saturated heterocycles. The number of rotatable bonds is 2. The summed E-state index contributed by atoms with van der Waals surface area (Å²) in [6.07, 6.45) is 2.96. The van der Waals surface area contributed by atoms with E-state index in [-0.39, 0.29) is 17.7 Å². The third-order valence-electron chi connectivity index (χ3n) is 4.12. The maximum Gasteiger partial charge on any atom is 0.206 e. The number of aryl methyl sites for hydroxylation is 1. The Bertz CT molecular complexity index is 834. The first-order valence-corrected chi connectivity index (χ1v) is 7.90. The molecule has 0 amide bonds. The number of benzene rings is 1. The monoisotopic (exact) mass is 345 g/mol. The number of nitrogens with zero attached hydrogens (tertiary/aromatic N) is 2. The number of fused-ring (bicyclic) bond motifs is 1. The van der Waals surface area contributed by atoms with Crippen LogP contribution in [0.1, 0.15) is 34.7 Å². The van der Waals surface area contributed by atoms with Crippen molar-refractivity contribution in [2.75, 3.05) is 0 Å². The first-order valence-electron chi connectivity index (χ1n) is 7.52. The second-order valence-corrected chi connectivity index (χ2v) is 6.21. The fraction of sp³-hybridized carbons (Fsp3) is 0.235. The van der Waals surface area contributed by atoms with Crippen molar-refractivity contribution in [2.24, 2.45) is 10.8 Å². The molecule has 3 rings (SSSR count). The molecule has 2 aromatic rings. The minimum absolute atomic E-state index is 0.0393. The Morgan fingerprint density at radius 2 is 2.21 bits per heavy atom. The molecule has 7 heteroatoms. The molecule has 1 aliphatic rings. The summed E-state index contributed by atoms with van der Waals surface area (Å²) in [7, 11) is 0. The Balaban J connectivity index is 2.06. The van der Waals surface area contributed by atoms with Gasteiger partial charge >= 0.3 is 0 Å². The number of nitrogens with two attached hydrogens (primary N) is 1. The molecular formula is C17H17ClFN5. The molecule has 0 unspecified atom stereocenters. The van der Waals surface area contributed by atoms with Gasteiger partial charge in [0.2, 0.25) is 5.96 Å². The Kier molecular flexibility index (Phi) is 4.49. The molecule has 0 fully saturated rings. The first kappa shape index (κ1) is 16.4.